The zero-order chi connectivity index (χ0) is 7.40. The molecule has 0 unspecified atom stereocenters. The van der Waals surface area contributed by atoms with Gasteiger partial charge in [0.05, 0.1) is 0 Å². The lowest BCUT2D eigenvalue weighted by Crippen LogP contribution is -2.29. The lowest BCUT2D eigenvalue weighted by atomic mass is 10.2. The second-order valence-corrected chi connectivity index (χ2v) is 2.40. The van der Waals surface area contributed by atoms with E-state index in [1.165, 1.54) is 0 Å². The molecule has 1 rings (SSSR count). The topological polar surface area (TPSA) is 27.7 Å². The molecule has 0 saturated carbocycles. The van der Waals surface area contributed by atoms with Crippen LogP contribution in [0.3, 0.4) is 0 Å². The van der Waals surface area contributed by atoms with Crippen molar-refractivity contribution in [3.63, 3.8) is 0 Å². The van der Waals surface area contributed by atoms with Crippen LogP contribution in [0.2, 0.25) is 0 Å². The quantitative estimate of drug-likeness (QED) is 0.584. The third kappa shape index (κ3) is 1.94. The van der Waals surface area contributed by atoms with E-state index >= 15 is 0 Å². The molecule has 1 fully saturated rings. The lowest BCUT2D eigenvalue weighted by Gasteiger charge is -2.27. The molecular weight excluding hydrogens is 132 g/mol. The van der Waals surface area contributed by atoms with E-state index in [0.29, 0.717) is 0 Å². The third-order valence-corrected chi connectivity index (χ3v) is 1.71. The minimum absolute atomic E-state index is 0.0568. The van der Waals surface area contributed by atoms with Crippen molar-refractivity contribution in [2.75, 3.05) is 14.2 Å². The zero-order valence-corrected chi connectivity index (χ0v) is 6.50. The van der Waals surface area contributed by atoms with Gasteiger partial charge in [0.15, 0.2) is 12.6 Å². The van der Waals surface area contributed by atoms with Crippen molar-refractivity contribution in [2.45, 2.75) is 31.8 Å². The Hall–Kier alpha value is -0.120. The van der Waals surface area contributed by atoms with E-state index in [1.807, 2.05) is 0 Å². The van der Waals surface area contributed by atoms with Crippen LogP contribution >= 0.6 is 0 Å². The second kappa shape index (κ2) is 3.91. The number of methoxy groups -OCH3 is 2. The summed E-state index contributed by atoms with van der Waals surface area (Å²) in [5.41, 5.74) is 0. The molecule has 0 aromatic heterocycles. The van der Waals surface area contributed by atoms with Gasteiger partial charge in [0.2, 0.25) is 0 Å². The van der Waals surface area contributed by atoms with Crippen molar-refractivity contribution in [2.24, 2.45) is 0 Å². The standard InChI is InChI=1S/C7H14O3/c1-8-6-4-3-5-7(9-2)10-6/h6-7H,3-5H2,1-2H3/t6-,7-/m1/s1. The molecule has 0 bridgehead atoms. The zero-order valence-electron chi connectivity index (χ0n) is 6.50. The predicted molar refractivity (Wildman–Crippen MR) is 36.5 cm³/mol. The number of hydrogen-bond donors (Lipinski definition) is 0. The van der Waals surface area contributed by atoms with Crippen molar-refractivity contribution >= 4 is 0 Å². The van der Waals surface area contributed by atoms with Crippen molar-refractivity contribution < 1.29 is 14.2 Å². The lowest BCUT2D eigenvalue weighted by molar-refractivity contribution is -0.251. The molecule has 1 saturated heterocycles. The largest absolute Gasteiger partial charge is 0.356 e. The minimum Gasteiger partial charge on any atom is -0.356 e. The van der Waals surface area contributed by atoms with Gasteiger partial charge >= 0.3 is 0 Å². The highest BCUT2D eigenvalue weighted by molar-refractivity contribution is 4.57. The summed E-state index contributed by atoms with van der Waals surface area (Å²) in [5.74, 6) is 0. The first kappa shape index (κ1) is 7.98. The van der Waals surface area contributed by atoms with Gasteiger partial charge in [-0.3, -0.25) is 0 Å². The maximum absolute atomic E-state index is 5.34. The average Bonchev–Trinajstić information content (AvgIpc) is 2.05. The summed E-state index contributed by atoms with van der Waals surface area (Å²) in [4.78, 5) is 0. The second-order valence-electron chi connectivity index (χ2n) is 2.40. The molecule has 0 aromatic rings. The molecule has 0 radical (unpaired) electrons. The summed E-state index contributed by atoms with van der Waals surface area (Å²) in [6.07, 6.45) is 2.97. The third-order valence-electron chi connectivity index (χ3n) is 1.71. The van der Waals surface area contributed by atoms with Gasteiger partial charge in [-0.2, -0.15) is 0 Å². The maximum atomic E-state index is 5.34. The average molecular weight is 146 g/mol. The van der Waals surface area contributed by atoms with Crippen LogP contribution < -0.4 is 0 Å². The Kier molecular flexibility index (Phi) is 3.12. The molecule has 0 spiro atoms. The highest BCUT2D eigenvalue weighted by Gasteiger charge is 2.20. The molecule has 2 atom stereocenters. The molecule has 0 aliphatic carbocycles. The van der Waals surface area contributed by atoms with Crippen molar-refractivity contribution in [3.05, 3.63) is 0 Å². The maximum Gasteiger partial charge on any atom is 0.160 e. The van der Waals surface area contributed by atoms with Crippen LogP contribution in [0.1, 0.15) is 19.3 Å². The highest BCUT2D eigenvalue weighted by Crippen LogP contribution is 2.19. The monoisotopic (exact) mass is 146 g/mol. The van der Waals surface area contributed by atoms with Crippen LogP contribution in [-0.2, 0) is 14.2 Å². The fourth-order valence-corrected chi connectivity index (χ4v) is 1.10. The van der Waals surface area contributed by atoms with Crippen LogP contribution in [0.25, 0.3) is 0 Å². The Morgan fingerprint density at radius 2 is 1.60 bits per heavy atom. The van der Waals surface area contributed by atoms with E-state index in [-0.39, 0.29) is 12.6 Å². The summed E-state index contributed by atoms with van der Waals surface area (Å²) >= 11 is 0. The summed E-state index contributed by atoms with van der Waals surface area (Å²) in [6, 6.07) is 0. The first-order valence-electron chi connectivity index (χ1n) is 3.58. The molecule has 3 heteroatoms. The summed E-state index contributed by atoms with van der Waals surface area (Å²) in [7, 11) is 3.31. The van der Waals surface area contributed by atoms with Crippen LogP contribution in [0.5, 0.6) is 0 Å². The molecular formula is C7H14O3. The highest BCUT2D eigenvalue weighted by atomic mass is 16.8. The predicted octanol–water partition coefficient (Wildman–Crippen LogP) is 1.13. The van der Waals surface area contributed by atoms with Crippen LogP contribution in [0, 0.1) is 0 Å². The first-order chi connectivity index (χ1) is 4.86. The van der Waals surface area contributed by atoms with E-state index in [1.54, 1.807) is 14.2 Å². The Labute approximate surface area is 61.3 Å². The van der Waals surface area contributed by atoms with Crippen molar-refractivity contribution in [3.8, 4) is 0 Å². The SMILES string of the molecule is CO[C@H]1CCC[C@H](OC)O1. The summed E-state index contributed by atoms with van der Waals surface area (Å²) in [6.45, 7) is 0. The molecule has 0 amide bonds. The van der Waals surface area contributed by atoms with Gasteiger partial charge in [0.25, 0.3) is 0 Å². The molecule has 10 heavy (non-hydrogen) atoms. The molecule has 0 aromatic carbocycles. The molecule has 0 N–H and O–H groups in total. The van der Waals surface area contributed by atoms with Gasteiger partial charge in [0, 0.05) is 14.2 Å². The van der Waals surface area contributed by atoms with E-state index in [4.69, 9.17) is 14.2 Å². The van der Waals surface area contributed by atoms with Gasteiger partial charge in [0.1, 0.15) is 0 Å². The number of hydrogen-bond acceptors (Lipinski definition) is 3. The molecule has 60 valence electrons. The van der Waals surface area contributed by atoms with Crippen LogP contribution in [-0.4, -0.2) is 26.8 Å². The molecule has 1 aliphatic rings. The Morgan fingerprint density at radius 1 is 1.10 bits per heavy atom. The fourth-order valence-electron chi connectivity index (χ4n) is 1.10. The van der Waals surface area contributed by atoms with Crippen molar-refractivity contribution in [1.82, 2.24) is 0 Å². The fraction of sp³-hybridized carbons (Fsp3) is 1.00. The number of rotatable bonds is 2. The number of ether oxygens (including phenoxy) is 3. The van der Waals surface area contributed by atoms with E-state index in [9.17, 15) is 0 Å². The minimum atomic E-state index is -0.0568. The van der Waals surface area contributed by atoms with Gasteiger partial charge < -0.3 is 14.2 Å². The first-order valence-corrected chi connectivity index (χ1v) is 3.58. The summed E-state index contributed by atoms with van der Waals surface area (Å²) in [5, 5.41) is 0. The van der Waals surface area contributed by atoms with Gasteiger partial charge in [-0.15, -0.1) is 0 Å². The van der Waals surface area contributed by atoms with Gasteiger partial charge in [-0.05, 0) is 19.3 Å². The Balaban J connectivity index is 2.25. The normalized spacial score (nSPS) is 34.2. The van der Waals surface area contributed by atoms with Crippen molar-refractivity contribution in [1.29, 1.82) is 0 Å². The van der Waals surface area contributed by atoms with Gasteiger partial charge in [-0.25, -0.2) is 0 Å². The molecule has 1 aliphatic heterocycles. The smallest absolute Gasteiger partial charge is 0.160 e. The van der Waals surface area contributed by atoms with Crippen LogP contribution in [0.15, 0.2) is 0 Å². The van der Waals surface area contributed by atoms with E-state index < -0.39 is 0 Å². The van der Waals surface area contributed by atoms with Crippen LogP contribution in [0.4, 0.5) is 0 Å². The molecule has 1 heterocycles. The van der Waals surface area contributed by atoms with E-state index in [2.05, 4.69) is 0 Å². The van der Waals surface area contributed by atoms with Gasteiger partial charge in [-0.1, -0.05) is 0 Å². The molecule has 3 nitrogen and oxygen atoms in total. The Bertz CT molecular complexity index is 84.9. The Morgan fingerprint density at radius 3 is 2.00 bits per heavy atom. The summed E-state index contributed by atoms with van der Waals surface area (Å²) < 4.78 is 15.4. The van der Waals surface area contributed by atoms with E-state index in [0.717, 1.165) is 19.3 Å².